The van der Waals surface area contributed by atoms with Crippen LogP contribution in [0.4, 0.5) is 5.13 Å². The van der Waals surface area contributed by atoms with E-state index < -0.39 is 0 Å². The number of hydrogen-bond acceptors (Lipinski definition) is 5. The molecule has 0 atom stereocenters. The Morgan fingerprint density at radius 2 is 2.31 bits per heavy atom. The fraction of sp³-hybridized carbons (Fsp3) is 0.750. The Hall–Kier alpha value is -0.680. The second-order valence-electron chi connectivity index (χ2n) is 2.85. The Balaban J connectivity index is 2.56. The molecule has 0 amide bonds. The summed E-state index contributed by atoms with van der Waals surface area (Å²) in [6, 6.07) is 0. The van der Waals surface area contributed by atoms with Crippen LogP contribution in [0.1, 0.15) is 19.2 Å². The van der Waals surface area contributed by atoms with Crippen LogP contribution in [0.25, 0.3) is 0 Å². The van der Waals surface area contributed by atoms with Crippen LogP contribution in [0.3, 0.4) is 0 Å². The predicted octanol–water partition coefficient (Wildman–Crippen LogP) is 1.02. The summed E-state index contributed by atoms with van der Waals surface area (Å²) in [6.07, 6.45) is 1.01. The van der Waals surface area contributed by atoms with Gasteiger partial charge in [-0.15, -0.1) is 0 Å². The van der Waals surface area contributed by atoms with E-state index in [2.05, 4.69) is 21.2 Å². The maximum absolute atomic E-state index is 5.46. The first-order valence-electron chi connectivity index (χ1n) is 4.53. The Labute approximate surface area is 82.9 Å². The summed E-state index contributed by atoms with van der Waals surface area (Å²) < 4.78 is 4.15. The fourth-order valence-electron chi connectivity index (χ4n) is 1.09. The number of aromatic nitrogens is 2. The van der Waals surface area contributed by atoms with Crippen molar-refractivity contribution >= 4 is 16.7 Å². The van der Waals surface area contributed by atoms with Crippen molar-refractivity contribution in [3.63, 3.8) is 0 Å². The van der Waals surface area contributed by atoms with Gasteiger partial charge in [-0.1, -0.05) is 0 Å². The molecule has 0 spiro atoms. The Bertz CT molecular complexity index is 248. The van der Waals surface area contributed by atoms with E-state index in [-0.39, 0.29) is 0 Å². The predicted molar refractivity (Wildman–Crippen MR) is 56.2 cm³/mol. The molecule has 0 aliphatic carbocycles. The number of nitrogens with zero attached hydrogens (tertiary/aromatic N) is 3. The molecule has 0 saturated carbocycles. The van der Waals surface area contributed by atoms with E-state index >= 15 is 0 Å². The van der Waals surface area contributed by atoms with Crippen molar-refractivity contribution in [3.8, 4) is 0 Å². The van der Waals surface area contributed by atoms with Crippen molar-refractivity contribution in [3.05, 3.63) is 5.82 Å². The Morgan fingerprint density at radius 1 is 1.54 bits per heavy atom. The van der Waals surface area contributed by atoms with Crippen LogP contribution in [-0.2, 0) is 0 Å². The molecule has 0 aliphatic heterocycles. The van der Waals surface area contributed by atoms with Crippen LogP contribution in [0.15, 0.2) is 0 Å². The SMILES string of the molecule is CCN(CCCN)c1nc(C)ns1. The lowest BCUT2D eigenvalue weighted by molar-refractivity contribution is 0.751. The molecular weight excluding hydrogens is 184 g/mol. The molecule has 0 bridgehead atoms. The lowest BCUT2D eigenvalue weighted by Gasteiger charge is -2.18. The number of anilines is 1. The van der Waals surface area contributed by atoms with Gasteiger partial charge >= 0.3 is 0 Å². The molecule has 1 aromatic rings. The van der Waals surface area contributed by atoms with Crippen LogP contribution in [0.2, 0.25) is 0 Å². The van der Waals surface area contributed by atoms with Crippen molar-refractivity contribution in [1.29, 1.82) is 0 Å². The summed E-state index contributed by atoms with van der Waals surface area (Å²) in [5.41, 5.74) is 5.46. The van der Waals surface area contributed by atoms with E-state index in [0.717, 1.165) is 37.0 Å². The van der Waals surface area contributed by atoms with E-state index in [1.165, 1.54) is 11.5 Å². The standard InChI is InChI=1S/C8H16N4S/c1-3-12(6-4-5-9)8-10-7(2)11-13-8/h3-6,9H2,1-2H3. The zero-order valence-corrected chi connectivity index (χ0v) is 8.97. The summed E-state index contributed by atoms with van der Waals surface area (Å²) in [5, 5.41) is 1.01. The van der Waals surface area contributed by atoms with Crippen LogP contribution in [-0.4, -0.2) is 29.0 Å². The molecule has 0 saturated heterocycles. The minimum atomic E-state index is 0.730. The summed E-state index contributed by atoms with van der Waals surface area (Å²) in [4.78, 5) is 6.53. The van der Waals surface area contributed by atoms with Gasteiger partial charge in [0, 0.05) is 24.6 Å². The maximum atomic E-state index is 5.46. The van der Waals surface area contributed by atoms with Crippen LogP contribution < -0.4 is 10.6 Å². The summed E-state index contributed by atoms with van der Waals surface area (Å²) in [6.45, 7) is 6.70. The van der Waals surface area contributed by atoms with Gasteiger partial charge in [0.2, 0.25) is 5.13 Å². The summed E-state index contributed by atoms with van der Waals surface area (Å²) in [5.74, 6) is 0.853. The highest BCUT2D eigenvalue weighted by Crippen LogP contribution is 2.16. The Morgan fingerprint density at radius 3 is 2.77 bits per heavy atom. The van der Waals surface area contributed by atoms with E-state index in [9.17, 15) is 0 Å². The molecule has 74 valence electrons. The molecule has 1 aromatic heterocycles. The van der Waals surface area contributed by atoms with E-state index in [0.29, 0.717) is 0 Å². The summed E-state index contributed by atoms with van der Waals surface area (Å²) >= 11 is 1.46. The highest BCUT2D eigenvalue weighted by molar-refractivity contribution is 7.09. The molecule has 2 N–H and O–H groups in total. The second-order valence-corrected chi connectivity index (χ2v) is 3.58. The van der Waals surface area contributed by atoms with Crippen LogP contribution >= 0.6 is 11.5 Å². The lowest BCUT2D eigenvalue weighted by atomic mass is 10.4. The van der Waals surface area contributed by atoms with Crippen LogP contribution in [0, 0.1) is 6.92 Å². The van der Waals surface area contributed by atoms with Gasteiger partial charge in [0.15, 0.2) is 0 Å². The van der Waals surface area contributed by atoms with E-state index in [1.807, 2.05) is 6.92 Å². The third-order valence-electron chi connectivity index (χ3n) is 1.80. The van der Waals surface area contributed by atoms with Gasteiger partial charge in [-0.2, -0.15) is 4.37 Å². The van der Waals surface area contributed by atoms with Gasteiger partial charge in [0.25, 0.3) is 0 Å². The first-order chi connectivity index (χ1) is 6.27. The quantitative estimate of drug-likeness (QED) is 0.771. The van der Waals surface area contributed by atoms with Gasteiger partial charge in [0.1, 0.15) is 5.82 Å². The topological polar surface area (TPSA) is 55.0 Å². The molecule has 1 heterocycles. The van der Waals surface area contributed by atoms with Gasteiger partial charge in [0.05, 0.1) is 0 Å². The molecule has 0 aromatic carbocycles. The number of rotatable bonds is 5. The molecule has 4 nitrogen and oxygen atoms in total. The first-order valence-corrected chi connectivity index (χ1v) is 5.30. The van der Waals surface area contributed by atoms with Gasteiger partial charge in [-0.3, -0.25) is 0 Å². The maximum Gasteiger partial charge on any atom is 0.205 e. The van der Waals surface area contributed by atoms with Crippen molar-refractivity contribution in [1.82, 2.24) is 9.36 Å². The zero-order valence-electron chi connectivity index (χ0n) is 8.16. The highest BCUT2D eigenvalue weighted by atomic mass is 32.1. The van der Waals surface area contributed by atoms with Crippen molar-refractivity contribution < 1.29 is 0 Å². The van der Waals surface area contributed by atoms with Crippen LogP contribution in [0.5, 0.6) is 0 Å². The van der Waals surface area contributed by atoms with Gasteiger partial charge in [-0.05, 0) is 26.8 Å². The number of aryl methyl sites for hydroxylation is 1. The number of nitrogens with two attached hydrogens (primary N) is 1. The van der Waals surface area contributed by atoms with Crippen molar-refractivity contribution in [2.24, 2.45) is 5.73 Å². The smallest absolute Gasteiger partial charge is 0.205 e. The second kappa shape index (κ2) is 5.14. The van der Waals surface area contributed by atoms with Gasteiger partial charge < -0.3 is 10.6 Å². The molecule has 13 heavy (non-hydrogen) atoms. The molecule has 0 fully saturated rings. The molecule has 5 heteroatoms. The van der Waals surface area contributed by atoms with E-state index in [1.54, 1.807) is 0 Å². The number of hydrogen-bond donors (Lipinski definition) is 1. The molecular formula is C8H16N4S. The summed E-state index contributed by atoms with van der Waals surface area (Å²) in [7, 11) is 0. The zero-order chi connectivity index (χ0) is 9.68. The average molecular weight is 200 g/mol. The minimum absolute atomic E-state index is 0.730. The largest absolute Gasteiger partial charge is 0.347 e. The lowest BCUT2D eigenvalue weighted by Crippen LogP contribution is -2.25. The highest BCUT2D eigenvalue weighted by Gasteiger charge is 2.07. The molecule has 0 aliphatic rings. The first kappa shape index (κ1) is 10.4. The average Bonchev–Trinajstić information content (AvgIpc) is 2.54. The minimum Gasteiger partial charge on any atom is -0.347 e. The Kier molecular flexibility index (Phi) is 4.11. The van der Waals surface area contributed by atoms with E-state index in [4.69, 9.17) is 5.73 Å². The fourth-order valence-corrected chi connectivity index (χ4v) is 1.85. The van der Waals surface area contributed by atoms with Gasteiger partial charge in [-0.25, -0.2) is 4.98 Å². The molecule has 0 radical (unpaired) electrons. The van der Waals surface area contributed by atoms with Crippen molar-refractivity contribution in [2.75, 3.05) is 24.5 Å². The molecule has 1 rings (SSSR count). The monoisotopic (exact) mass is 200 g/mol. The normalized spacial score (nSPS) is 10.4. The van der Waals surface area contributed by atoms with Crippen molar-refractivity contribution in [2.45, 2.75) is 20.3 Å². The molecule has 0 unspecified atom stereocenters. The third kappa shape index (κ3) is 2.93. The third-order valence-corrected chi connectivity index (χ3v) is 2.67.